The minimum Gasteiger partial charge on any atom is -0.385 e. The Bertz CT molecular complexity index is 717. The Hall–Kier alpha value is -2.40. The summed E-state index contributed by atoms with van der Waals surface area (Å²) in [6.45, 7) is 1.94. The number of hydrogen-bond donors (Lipinski definition) is 2. The van der Waals surface area contributed by atoms with Crippen LogP contribution >= 0.6 is 11.6 Å². The van der Waals surface area contributed by atoms with Gasteiger partial charge in [0.25, 0.3) is 0 Å². The quantitative estimate of drug-likeness (QED) is 0.781. The summed E-state index contributed by atoms with van der Waals surface area (Å²) in [5, 5.41) is 5.70. The SMILES string of the molecule is CC(=O)c1ccc(NCCC(=O)Nc2ccc(F)c(Cl)c2)cc1. The summed E-state index contributed by atoms with van der Waals surface area (Å²) >= 11 is 5.65. The highest BCUT2D eigenvalue weighted by atomic mass is 35.5. The third kappa shape index (κ3) is 5.07. The molecule has 2 aromatic rings. The maximum atomic E-state index is 13.0. The first-order valence-corrected chi connectivity index (χ1v) is 7.43. The van der Waals surface area contributed by atoms with Gasteiger partial charge in [-0.05, 0) is 49.4 Å². The third-order valence-electron chi connectivity index (χ3n) is 3.18. The van der Waals surface area contributed by atoms with Crippen molar-refractivity contribution in [3.8, 4) is 0 Å². The van der Waals surface area contributed by atoms with Gasteiger partial charge in [-0.2, -0.15) is 0 Å². The molecule has 4 nitrogen and oxygen atoms in total. The molecule has 0 heterocycles. The molecule has 6 heteroatoms. The first-order valence-electron chi connectivity index (χ1n) is 7.05. The van der Waals surface area contributed by atoms with Crippen molar-refractivity contribution in [3.63, 3.8) is 0 Å². The Morgan fingerprint density at radius 2 is 1.74 bits per heavy atom. The van der Waals surface area contributed by atoms with Gasteiger partial charge in [0.1, 0.15) is 5.82 Å². The van der Waals surface area contributed by atoms with Gasteiger partial charge in [-0.3, -0.25) is 9.59 Å². The van der Waals surface area contributed by atoms with E-state index in [1.165, 1.54) is 25.1 Å². The van der Waals surface area contributed by atoms with Gasteiger partial charge in [-0.1, -0.05) is 11.6 Å². The molecule has 0 aliphatic carbocycles. The summed E-state index contributed by atoms with van der Waals surface area (Å²) < 4.78 is 13.0. The van der Waals surface area contributed by atoms with E-state index in [1.54, 1.807) is 24.3 Å². The van der Waals surface area contributed by atoms with Crippen LogP contribution in [0.25, 0.3) is 0 Å². The van der Waals surface area contributed by atoms with Crippen LogP contribution in [0.4, 0.5) is 15.8 Å². The molecule has 0 unspecified atom stereocenters. The molecule has 0 fully saturated rings. The van der Waals surface area contributed by atoms with Crippen molar-refractivity contribution in [2.24, 2.45) is 0 Å². The van der Waals surface area contributed by atoms with E-state index in [1.807, 2.05) is 0 Å². The molecule has 0 radical (unpaired) electrons. The predicted octanol–water partition coefficient (Wildman–Crippen LogP) is 4.12. The van der Waals surface area contributed by atoms with Crippen molar-refractivity contribution in [2.45, 2.75) is 13.3 Å². The maximum absolute atomic E-state index is 13.0. The van der Waals surface area contributed by atoms with Gasteiger partial charge in [-0.25, -0.2) is 4.39 Å². The van der Waals surface area contributed by atoms with Gasteiger partial charge >= 0.3 is 0 Å². The summed E-state index contributed by atoms with van der Waals surface area (Å²) in [5.74, 6) is -0.727. The molecule has 0 bridgehead atoms. The average molecular weight is 335 g/mol. The summed E-state index contributed by atoms with van der Waals surface area (Å²) in [7, 11) is 0. The molecular weight excluding hydrogens is 319 g/mol. The lowest BCUT2D eigenvalue weighted by molar-refractivity contribution is -0.115. The van der Waals surface area contributed by atoms with Gasteiger partial charge in [-0.15, -0.1) is 0 Å². The van der Waals surface area contributed by atoms with Gasteiger partial charge in [0.05, 0.1) is 5.02 Å². The van der Waals surface area contributed by atoms with E-state index in [9.17, 15) is 14.0 Å². The molecule has 2 rings (SSSR count). The number of Topliss-reactive ketones (excluding diaryl/α,β-unsaturated/α-hetero) is 1. The lowest BCUT2D eigenvalue weighted by Crippen LogP contribution is -2.16. The van der Waals surface area contributed by atoms with Crippen LogP contribution in [-0.2, 0) is 4.79 Å². The van der Waals surface area contributed by atoms with Crippen LogP contribution < -0.4 is 10.6 Å². The maximum Gasteiger partial charge on any atom is 0.226 e. The molecule has 120 valence electrons. The molecule has 1 amide bonds. The Morgan fingerprint density at radius 3 is 2.35 bits per heavy atom. The molecule has 0 saturated carbocycles. The van der Waals surface area contributed by atoms with Crippen molar-refractivity contribution < 1.29 is 14.0 Å². The lowest BCUT2D eigenvalue weighted by Gasteiger charge is -2.08. The zero-order valence-corrected chi connectivity index (χ0v) is 13.3. The van der Waals surface area contributed by atoms with Gasteiger partial charge in [0.2, 0.25) is 5.91 Å². The number of halogens is 2. The van der Waals surface area contributed by atoms with Crippen LogP contribution in [0, 0.1) is 5.82 Å². The monoisotopic (exact) mass is 334 g/mol. The molecule has 0 spiro atoms. The highest BCUT2D eigenvalue weighted by Crippen LogP contribution is 2.19. The first-order chi connectivity index (χ1) is 11.0. The number of ketones is 1. The van der Waals surface area contributed by atoms with Crippen molar-refractivity contribution >= 4 is 34.7 Å². The fourth-order valence-corrected chi connectivity index (χ4v) is 2.12. The van der Waals surface area contributed by atoms with Crippen LogP contribution in [0.1, 0.15) is 23.7 Å². The van der Waals surface area contributed by atoms with E-state index in [0.717, 1.165) is 5.69 Å². The van der Waals surface area contributed by atoms with E-state index in [2.05, 4.69) is 10.6 Å². The fraction of sp³-hybridized carbons (Fsp3) is 0.176. The van der Waals surface area contributed by atoms with Crippen LogP contribution in [0.3, 0.4) is 0 Å². The number of rotatable bonds is 6. The Morgan fingerprint density at radius 1 is 1.09 bits per heavy atom. The van der Waals surface area contributed by atoms with E-state index in [-0.39, 0.29) is 23.1 Å². The second kappa shape index (κ2) is 7.74. The van der Waals surface area contributed by atoms with Crippen LogP contribution in [-0.4, -0.2) is 18.2 Å². The largest absolute Gasteiger partial charge is 0.385 e. The second-order valence-electron chi connectivity index (χ2n) is 4.99. The Labute approximate surface area is 138 Å². The summed E-state index contributed by atoms with van der Waals surface area (Å²) in [5.41, 5.74) is 1.92. The fourth-order valence-electron chi connectivity index (χ4n) is 1.94. The normalized spacial score (nSPS) is 10.2. The second-order valence-corrected chi connectivity index (χ2v) is 5.39. The zero-order chi connectivity index (χ0) is 16.8. The van der Waals surface area contributed by atoms with Gasteiger partial charge in [0.15, 0.2) is 5.78 Å². The van der Waals surface area contributed by atoms with E-state index in [0.29, 0.717) is 17.8 Å². The third-order valence-corrected chi connectivity index (χ3v) is 3.47. The number of anilines is 2. The predicted molar refractivity (Wildman–Crippen MR) is 89.6 cm³/mol. The van der Waals surface area contributed by atoms with Crippen LogP contribution in [0.2, 0.25) is 5.02 Å². The molecule has 23 heavy (non-hydrogen) atoms. The average Bonchev–Trinajstić information content (AvgIpc) is 2.51. The number of nitrogens with one attached hydrogen (secondary N) is 2. The lowest BCUT2D eigenvalue weighted by atomic mass is 10.1. The highest BCUT2D eigenvalue weighted by molar-refractivity contribution is 6.31. The summed E-state index contributed by atoms with van der Waals surface area (Å²) in [6, 6.07) is 11.0. The van der Waals surface area contributed by atoms with E-state index >= 15 is 0 Å². The molecule has 0 aliphatic rings. The highest BCUT2D eigenvalue weighted by Gasteiger charge is 2.05. The van der Waals surface area contributed by atoms with Crippen molar-refractivity contribution in [1.82, 2.24) is 0 Å². The van der Waals surface area contributed by atoms with Gasteiger partial charge < -0.3 is 10.6 Å². The van der Waals surface area contributed by atoms with Gasteiger partial charge in [0, 0.05) is 29.9 Å². The molecule has 2 aromatic carbocycles. The molecule has 0 aliphatic heterocycles. The molecule has 0 saturated heterocycles. The van der Waals surface area contributed by atoms with Crippen molar-refractivity contribution in [3.05, 3.63) is 58.9 Å². The van der Waals surface area contributed by atoms with Crippen molar-refractivity contribution in [2.75, 3.05) is 17.2 Å². The van der Waals surface area contributed by atoms with Crippen LogP contribution in [0.5, 0.6) is 0 Å². The number of hydrogen-bond acceptors (Lipinski definition) is 3. The number of carbonyl (C=O) groups is 2. The minimum absolute atomic E-state index is 0.00823. The Balaban J connectivity index is 1.80. The summed E-state index contributed by atoms with van der Waals surface area (Å²) in [4.78, 5) is 23.0. The topological polar surface area (TPSA) is 58.2 Å². The number of amides is 1. The van der Waals surface area contributed by atoms with Crippen molar-refractivity contribution in [1.29, 1.82) is 0 Å². The molecule has 2 N–H and O–H groups in total. The summed E-state index contributed by atoms with van der Waals surface area (Å²) in [6.07, 6.45) is 0.240. The standard InChI is InChI=1S/C17H16ClFN2O2/c1-11(22)12-2-4-13(5-3-12)20-9-8-17(23)21-14-6-7-16(19)15(18)10-14/h2-7,10,20H,8-9H2,1H3,(H,21,23). The van der Waals surface area contributed by atoms with E-state index < -0.39 is 5.82 Å². The molecule has 0 aromatic heterocycles. The Kier molecular flexibility index (Phi) is 5.71. The first kappa shape index (κ1) is 17.0. The van der Waals surface area contributed by atoms with Crippen LogP contribution in [0.15, 0.2) is 42.5 Å². The number of carbonyl (C=O) groups excluding carboxylic acids is 2. The zero-order valence-electron chi connectivity index (χ0n) is 12.5. The molecular formula is C17H16ClFN2O2. The molecule has 0 atom stereocenters. The number of benzene rings is 2. The minimum atomic E-state index is -0.527. The smallest absolute Gasteiger partial charge is 0.226 e. The van der Waals surface area contributed by atoms with E-state index in [4.69, 9.17) is 11.6 Å².